The highest BCUT2D eigenvalue weighted by Gasteiger charge is 2.13. The fraction of sp³-hybridized carbons (Fsp3) is 0.235. The Morgan fingerprint density at radius 2 is 1.95 bits per heavy atom. The lowest BCUT2D eigenvalue weighted by atomic mass is 10.0. The molecule has 0 bridgehead atoms. The van der Waals surface area contributed by atoms with Crippen molar-refractivity contribution < 1.29 is 9.53 Å². The Balaban J connectivity index is 2.14. The first-order valence-electron chi connectivity index (χ1n) is 6.69. The van der Waals surface area contributed by atoms with Gasteiger partial charge < -0.3 is 4.74 Å². The summed E-state index contributed by atoms with van der Waals surface area (Å²) in [7, 11) is 0. The van der Waals surface area contributed by atoms with E-state index in [0.29, 0.717) is 16.5 Å². The normalized spacial score (nSPS) is 10.7. The molecule has 2 aromatic carbocycles. The van der Waals surface area contributed by atoms with Gasteiger partial charge in [-0.25, -0.2) is 0 Å². The Morgan fingerprint density at radius 3 is 2.62 bits per heavy atom. The topological polar surface area (TPSA) is 26.3 Å². The van der Waals surface area contributed by atoms with Gasteiger partial charge >= 0.3 is 0 Å². The average molecular weight is 368 g/mol. The zero-order valence-corrected chi connectivity index (χ0v) is 14.2. The van der Waals surface area contributed by atoms with Crippen molar-refractivity contribution in [3.05, 3.63) is 63.1 Å². The average Bonchev–Trinajstić information content (AvgIpc) is 2.46. The van der Waals surface area contributed by atoms with Crippen LogP contribution in [0.4, 0.5) is 0 Å². The second-order valence-electron chi connectivity index (χ2n) is 5.03. The number of carbonyl (C=O) groups excluding carboxylic acids is 1. The van der Waals surface area contributed by atoms with E-state index in [1.807, 2.05) is 18.2 Å². The maximum atomic E-state index is 12.2. The number of hydrogen-bond acceptors (Lipinski definition) is 2. The van der Waals surface area contributed by atoms with Crippen LogP contribution in [-0.2, 0) is 0 Å². The third kappa shape index (κ3) is 4.08. The summed E-state index contributed by atoms with van der Waals surface area (Å²) in [5, 5.41) is 0.450. The molecular formula is C17H16BrClO2. The molecule has 0 aliphatic carbocycles. The van der Waals surface area contributed by atoms with E-state index in [-0.39, 0.29) is 12.4 Å². The molecule has 110 valence electrons. The van der Waals surface area contributed by atoms with E-state index in [0.717, 1.165) is 15.8 Å². The van der Waals surface area contributed by atoms with Crippen molar-refractivity contribution in [3.63, 3.8) is 0 Å². The molecule has 0 fully saturated rings. The lowest BCUT2D eigenvalue weighted by Gasteiger charge is -2.14. The van der Waals surface area contributed by atoms with E-state index in [1.54, 1.807) is 24.3 Å². The first-order valence-corrected chi connectivity index (χ1v) is 7.86. The first kappa shape index (κ1) is 16.1. The third-order valence-corrected chi connectivity index (χ3v) is 3.95. The molecule has 0 spiro atoms. The van der Waals surface area contributed by atoms with Crippen LogP contribution in [0, 0.1) is 0 Å². The lowest BCUT2D eigenvalue weighted by Crippen LogP contribution is -2.13. The van der Waals surface area contributed by atoms with Gasteiger partial charge in [0, 0.05) is 10.0 Å². The van der Waals surface area contributed by atoms with E-state index >= 15 is 0 Å². The van der Waals surface area contributed by atoms with Gasteiger partial charge in [0.25, 0.3) is 0 Å². The summed E-state index contributed by atoms with van der Waals surface area (Å²) in [4.78, 5) is 12.2. The maximum absolute atomic E-state index is 12.2. The smallest absolute Gasteiger partial charge is 0.201 e. The predicted molar refractivity (Wildman–Crippen MR) is 89.5 cm³/mol. The van der Waals surface area contributed by atoms with Crippen LogP contribution in [0.25, 0.3) is 0 Å². The van der Waals surface area contributed by atoms with Gasteiger partial charge in [-0.1, -0.05) is 53.5 Å². The van der Waals surface area contributed by atoms with Gasteiger partial charge in [0.2, 0.25) is 5.78 Å². The number of ether oxygens (including phenoxy) is 1. The van der Waals surface area contributed by atoms with Gasteiger partial charge in [0.05, 0.1) is 5.02 Å². The Morgan fingerprint density at radius 1 is 1.24 bits per heavy atom. The standard InChI is InChI=1S/C17H16BrClO2/c1-11(2)14-9-12(18)7-8-17(14)21-10-16(20)13-5-3-4-6-15(13)19/h3-9,11H,10H2,1-2H3. The monoisotopic (exact) mass is 366 g/mol. The van der Waals surface area contributed by atoms with Crippen LogP contribution in [0.5, 0.6) is 5.75 Å². The fourth-order valence-corrected chi connectivity index (χ4v) is 2.63. The van der Waals surface area contributed by atoms with Crippen molar-refractivity contribution in [2.24, 2.45) is 0 Å². The van der Waals surface area contributed by atoms with Crippen LogP contribution in [0.3, 0.4) is 0 Å². The van der Waals surface area contributed by atoms with Crippen LogP contribution >= 0.6 is 27.5 Å². The summed E-state index contributed by atoms with van der Waals surface area (Å²) in [5.74, 6) is 0.916. The molecule has 0 aliphatic heterocycles. The van der Waals surface area contributed by atoms with Crippen molar-refractivity contribution in [2.45, 2.75) is 19.8 Å². The summed E-state index contributed by atoms with van der Waals surface area (Å²) in [6.07, 6.45) is 0. The highest BCUT2D eigenvalue weighted by molar-refractivity contribution is 9.10. The van der Waals surface area contributed by atoms with Crippen molar-refractivity contribution in [3.8, 4) is 5.75 Å². The number of benzene rings is 2. The van der Waals surface area contributed by atoms with E-state index in [1.165, 1.54) is 0 Å². The molecule has 2 aromatic rings. The number of halogens is 2. The second kappa shape index (κ2) is 7.10. The molecule has 0 aliphatic rings. The molecule has 0 saturated heterocycles. The molecular weight excluding hydrogens is 352 g/mol. The molecule has 0 atom stereocenters. The van der Waals surface area contributed by atoms with E-state index in [9.17, 15) is 4.79 Å². The highest BCUT2D eigenvalue weighted by atomic mass is 79.9. The summed E-state index contributed by atoms with van der Waals surface area (Å²) in [5.41, 5.74) is 1.55. The summed E-state index contributed by atoms with van der Waals surface area (Å²) >= 11 is 9.47. The quantitative estimate of drug-likeness (QED) is 0.653. The molecule has 2 nitrogen and oxygen atoms in total. The van der Waals surface area contributed by atoms with Crippen molar-refractivity contribution in [2.75, 3.05) is 6.61 Å². The molecule has 0 amide bonds. The van der Waals surface area contributed by atoms with Crippen LogP contribution in [-0.4, -0.2) is 12.4 Å². The molecule has 0 unspecified atom stereocenters. The van der Waals surface area contributed by atoms with Gasteiger partial charge in [-0.3, -0.25) is 4.79 Å². The number of rotatable bonds is 5. The fourth-order valence-electron chi connectivity index (χ4n) is 2.01. The highest BCUT2D eigenvalue weighted by Crippen LogP contribution is 2.29. The Kier molecular flexibility index (Phi) is 5.43. The van der Waals surface area contributed by atoms with Gasteiger partial charge in [-0.05, 0) is 41.8 Å². The first-order chi connectivity index (χ1) is 9.99. The van der Waals surface area contributed by atoms with Gasteiger partial charge in [-0.2, -0.15) is 0 Å². The molecule has 4 heteroatoms. The zero-order valence-electron chi connectivity index (χ0n) is 11.9. The summed E-state index contributed by atoms with van der Waals surface area (Å²) in [6, 6.07) is 12.8. The number of carbonyl (C=O) groups is 1. The van der Waals surface area contributed by atoms with Gasteiger partial charge in [0.15, 0.2) is 6.61 Å². The molecule has 0 heterocycles. The number of ketones is 1. The van der Waals surface area contributed by atoms with Crippen molar-refractivity contribution in [1.82, 2.24) is 0 Å². The molecule has 0 saturated carbocycles. The Bertz CT molecular complexity index is 653. The summed E-state index contributed by atoms with van der Waals surface area (Å²) < 4.78 is 6.69. The maximum Gasteiger partial charge on any atom is 0.201 e. The molecule has 2 rings (SSSR count). The van der Waals surface area contributed by atoms with Crippen LogP contribution in [0.2, 0.25) is 5.02 Å². The minimum absolute atomic E-state index is 0.0227. The SMILES string of the molecule is CC(C)c1cc(Br)ccc1OCC(=O)c1ccccc1Cl. The molecule has 0 N–H and O–H groups in total. The number of hydrogen-bond donors (Lipinski definition) is 0. The van der Waals surface area contributed by atoms with Crippen LogP contribution < -0.4 is 4.74 Å². The lowest BCUT2D eigenvalue weighted by molar-refractivity contribution is 0.0921. The van der Waals surface area contributed by atoms with E-state index < -0.39 is 0 Å². The zero-order chi connectivity index (χ0) is 15.4. The largest absolute Gasteiger partial charge is 0.485 e. The van der Waals surface area contributed by atoms with Gasteiger partial charge in [0.1, 0.15) is 5.75 Å². The Labute approximate surface area is 138 Å². The molecule has 0 aromatic heterocycles. The predicted octanol–water partition coefficient (Wildman–Crippen LogP) is 5.49. The van der Waals surface area contributed by atoms with Crippen LogP contribution in [0.1, 0.15) is 35.7 Å². The summed E-state index contributed by atoms with van der Waals surface area (Å²) in [6.45, 7) is 4.15. The molecule has 21 heavy (non-hydrogen) atoms. The van der Waals surface area contributed by atoms with Crippen LogP contribution in [0.15, 0.2) is 46.9 Å². The minimum Gasteiger partial charge on any atom is -0.485 e. The van der Waals surface area contributed by atoms with Crippen molar-refractivity contribution >= 4 is 33.3 Å². The van der Waals surface area contributed by atoms with Crippen molar-refractivity contribution in [1.29, 1.82) is 0 Å². The minimum atomic E-state index is -0.127. The molecule has 0 radical (unpaired) electrons. The van der Waals surface area contributed by atoms with Gasteiger partial charge in [-0.15, -0.1) is 0 Å². The van der Waals surface area contributed by atoms with E-state index in [2.05, 4.69) is 29.8 Å². The Hall–Kier alpha value is -1.32. The second-order valence-corrected chi connectivity index (χ2v) is 6.35. The van der Waals surface area contributed by atoms with E-state index in [4.69, 9.17) is 16.3 Å². The third-order valence-electron chi connectivity index (χ3n) is 3.13. The number of Topliss-reactive ketones (excluding diaryl/α,β-unsaturated/α-hetero) is 1.